The third-order valence-corrected chi connectivity index (χ3v) is 7.73. The average Bonchev–Trinajstić information content (AvgIpc) is 3.34. The van der Waals surface area contributed by atoms with Crippen molar-refractivity contribution >= 4 is 5.91 Å². The van der Waals surface area contributed by atoms with Gasteiger partial charge >= 0.3 is 6.18 Å². The number of hydrogen-bond acceptors (Lipinski definition) is 3. The van der Waals surface area contributed by atoms with Crippen molar-refractivity contribution in [3.05, 3.63) is 29.1 Å². The van der Waals surface area contributed by atoms with Crippen LogP contribution < -0.4 is 5.32 Å². The minimum Gasteiger partial charge on any atom is -0.338 e. The van der Waals surface area contributed by atoms with Crippen LogP contribution in [0.1, 0.15) is 116 Å². The first kappa shape index (κ1) is 30.6. The summed E-state index contributed by atoms with van der Waals surface area (Å²) >= 11 is 0. The molecule has 3 aliphatic rings. The Kier molecular flexibility index (Phi) is 12.7. The van der Waals surface area contributed by atoms with Gasteiger partial charge in [0.15, 0.2) is 0 Å². The molecule has 3 unspecified atom stereocenters. The fourth-order valence-electron chi connectivity index (χ4n) is 5.60. The summed E-state index contributed by atoms with van der Waals surface area (Å²) in [5.74, 6) is 0.758. The Hall–Kier alpha value is -1.63. The maximum atomic E-state index is 13.0. The van der Waals surface area contributed by atoms with Gasteiger partial charge in [0.2, 0.25) is 5.91 Å². The summed E-state index contributed by atoms with van der Waals surface area (Å²) in [4.78, 5) is 18.8. The maximum Gasteiger partial charge on any atom is 0.417 e. The average molecular weight is 512 g/mol. The molecule has 1 aliphatic heterocycles. The summed E-state index contributed by atoms with van der Waals surface area (Å²) in [6.07, 6.45) is 8.87. The fourth-order valence-corrected chi connectivity index (χ4v) is 5.60. The van der Waals surface area contributed by atoms with Crippen LogP contribution in [0.25, 0.3) is 0 Å². The van der Waals surface area contributed by atoms with Crippen LogP contribution in [0.5, 0.6) is 0 Å². The van der Waals surface area contributed by atoms with Gasteiger partial charge in [0.25, 0.3) is 0 Å². The molecule has 7 heteroatoms. The molecule has 0 aromatic carbocycles. The molecule has 36 heavy (non-hydrogen) atoms. The Balaban J connectivity index is 0.000000583. The number of unbranched alkanes of at least 4 members (excludes halogenated alkanes) is 2. The monoisotopic (exact) mass is 511 g/mol. The minimum absolute atomic E-state index is 0.0216. The first-order valence-electron chi connectivity index (χ1n) is 14.3. The van der Waals surface area contributed by atoms with E-state index in [2.05, 4.69) is 31.1 Å². The minimum atomic E-state index is -4.41. The number of carbonyl (C=O) groups is 1. The lowest BCUT2D eigenvalue weighted by Gasteiger charge is -2.33. The van der Waals surface area contributed by atoms with E-state index in [1.807, 2.05) is 13.8 Å². The molecule has 1 aromatic rings. The van der Waals surface area contributed by atoms with E-state index < -0.39 is 11.7 Å². The van der Waals surface area contributed by atoms with Crippen molar-refractivity contribution in [3.8, 4) is 0 Å². The molecule has 206 valence electrons. The van der Waals surface area contributed by atoms with Gasteiger partial charge in [-0.2, -0.15) is 13.2 Å². The van der Waals surface area contributed by atoms with Gasteiger partial charge in [-0.15, -0.1) is 0 Å². The van der Waals surface area contributed by atoms with Gasteiger partial charge in [0, 0.05) is 49.4 Å². The molecule has 4 nitrogen and oxygen atoms in total. The number of fused-ring (bicyclic) bond motifs is 1. The second-order valence-electron chi connectivity index (χ2n) is 10.4. The highest BCUT2D eigenvalue weighted by atomic mass is 19.4. The first-order valence-corrected chi connectivity index (χ1v) is 14.3. The summed E-state index contributed by atoms with van der Waals surface area (Å²) in [6, 6.07) is 2.09. The molecule has 0 bridgehead atoms. The molecule has 1 N–H and O–H groups in total. The molecule has 0 spiro atoms. The number of nitrogens with one attached hydrogen (secondary N) is 1. The molecule has 0 radical (unpaired) electrons. The highest BCUT2D eigenvalue weighted by molar-refractivity contribution is 5.79. The van der Waals surface area contributed by atoms with Crippen LogP contribution >= 0.6 is 0 Å². The van der Waals surface area contributed by atoms with Crippen LogP contribution in [0.2, 0.25) is 0 Å². The SMILES string of the molecule is CC.CC1CCCCC1N[C@@H]1CCC(C(=O)N2CCc3ncc(C(F)(F)F)cc3C2)C1.CCCCC. The second-order valence-corrected chi connectivity index (χ2v) is 10.4. The molecular weight excluding hydrogens is 463 g/mol. The van der Waals surface area contributed by atoms with Crippen molar-refractivity contribution in [3.63, 3.8) is 0 Å². The molecule has 1 amide bonds. The number of carbonyl (C=O) groups excluding carboxylic acids is 1. The van der Waals surface area contributed by atoms with E-state index in [1.165, 1.54) is 44.9 Å². The lowest BCUT2D eigenvalue weighted by Crippen LogP contribution is -2.43. The fraction of sp³-hybridized carbons (Fsp3) is 0.793. The summed E-state index contributed by atoms with van der Waals surface area (Å²) < 4.78 is 39.0. The van der Waals surface area contributed by atoms with Gasteiger partial charge < -0.3 is 10.2 Å². The zero-order chi connectivity index (χ0) is 26.7. The maximum absolute atomic E-state index is 13.0. The predicted octanol–water partition coefficient (Wildman–Crippen LogP) is 7.54. The standard InChI is InChI=1S/C22H30F3N3O.C5H12.C2H6/c1-14-4-2-3-5-19(14)27-18-7-6-15(11-18)21(29)28-9-8-20-16(13-28)10-17(12-26-20)22(23,24)25;1-3-5-4-2;1-2/h10,12,14-15,18-19,27H,2-9,11,13H2,1H3;3-5H2,1-2H3;1-2H3/t14?,15?,18-,19?;;/m1../s1. The zero-order valence-corrected chi connectivity index (χ0v) is 23.1. The highest BCUT2D eigenvalue weighted by Gasteiger charge is 2.37. The van der Waals surface area contributed by atoms with Crippen LogP contribution in [0, 0.1) is 11.8 Å². The Morgan fingerprint density at radius 3 is 2.42 bits per heavy atom. The van der Waals surface area contributed by atoms with E-state index in [-0.39, 0.29) is 18.4 Å². The van der Waals surface area contributed by atoms with Crippen molar-refractivity contribution < 1.29 is 18.0 Å². The Morgan fingerprint density at radius 1 is 1.11 bits per heavy atom. The van der Waals surface area contributed by atoms with Crippen LogP contribution in [0.3, 0.4) is 0 Å². The van der Waals surface area contributed by atoms with Gasteiger partial charge in [-0.1, -0.05) is 66.7 Å². The van der Waals surface area contributed by atoms with Crippen LogP contribution in [0.15, 0.2) is 12.3 Å². The summed E-state index contributed by atoms with van der Waals surface area (Å²) in [5, 5.41) is 3.79. The molecule has 2 heterocycles. The van der Waals surface area contributed by atoms with E-state index >= 15 is 0 Å². The topological polar surface area (TPSA) is 45.2 Å². The quantitative estimate of drug-likeness (QED) is 0.444. The van der Waals surface area contributed by atoms with Gasteiger partial charge in [-0.05, 0) is 49.7 Å². The van der Waals surface area contributed by atoms with Crippen molar-refractivity contribution in [1.29, 1.82) is 0 Å². The molecule has 4 rings (SSSR count). The van der Waals surface area contributed by atoms with Crippen molar-refractivity contribution in [1.82, 2.24) is 15.2 Å². The molecule has 0 saturated heterocycles. The number of alkyl halides is 3. The number of rotatable bonds is 5. The van der Waals surface area contributed by atoms with E-state index in [1.54, 1.807) is 4.90 Å². The molecule has 2 aliphatic carbocycles. The number of aromatic nitrogens is 1. The molecule has 2 saturated carbocycles. The number of hydrogen-bond donors (Lipinski definition) is 1. The molecule has 2 fully saturated rings. The third-order valence-electron chi connectivity index (χ3n) is 7.73. The van der Waals surface area contributed by atoms with Crippen molar-refractivity contribution in [2.45, 2.75) is 130 Å². The van der Waals surface area contributed by atoms with Crippen LogP contribution in [-0.4, -0.2) is 34.4 Å². The van der Waals surface area contributed by atoms with Crippen molar-refractivity contribution in [2.75, 3.05) is 6.54 Å². The Morgan fingerprint density at radius 2 is 1.81 bits per heavy atom. The number of halogens is 3. The van der Waals surface area contributed by atoms with E-state index in [4.69, 9.17) is 0 Å². The molecular formula is C29H48F3N3O. The van der Waals surface area contributed by atoms with Gasteiger partial charge in [0.1, 0.15) is 0 Å². The number of amides is 1. The van der Waals surface area contributed by atoms with E-state index in [0.29, 0.717) is 42.2 Å². The van der Waals surface area contributed by atoms with E-state index in [0.717, 1.165) is 31.5 Å². The largest absolute Gasteiger partial charge is 0.417 e. The zero-order valence-electron chi connectivity index (χ0n) is 23.1. The number of pyridine rings is 1. The van der Waals surface area contributed by atoms with Gasteiger partial charge in [0.05, 0.1) is 5.56 Å². The lowest BCUT2D eigenvalue weighted by molar-refractivity contribution is -0.137. The normalized spacial score (nSPS) is 25.7. The third kappa shape index (κ3) is 8.74. The second kappa shape index (κ2) is 14.9. The first-order chi connectivity index (χ1) is 17.2. The highest BCUT2D eigenvalue weighted by Crippen LogP contribution is 2.34. The Labute approximate surface area is 216 Å². The molecule has 4 atom stereocenters. The smallest absolute Gasteiger partial charge is 0.338 e. The van der Waals surface area contributed by atoms with E-state index in [9.17, 15) is 18.0 Å². The lowest BCUT2D eigenvalue weighted by atomic mass is 9.85. The van der Waals surface area contributed by atoms with Crippen LogP contribution in [-0.2, 0) is 23.9 Å². The Bertz CT molecular complexity index is 796. The molecule has 1 aromatic heterocycles. The van der Waals surface area contributed by atoms with Crippen molar-refractivity contribution in [2.24, 2.45) is 11.8 Å². The summed E-state index contributed by atoms with van der Waals surface area (Å²) in [6.45, 7) is 11.5. The van der Waals surface area contributed by atoms with Crippen LogP contribution in [0.4, 0.5) is 13.2 Å². The van der Waals surface area contributed by atoms with Gasteiger partial charge in [-0.3, -0.25) is 9.78 Å². The summed E-state index contributed by atoms with van der Waals surface area (Å²) in [7, 11) is 0. The number of nitrogens with zero attached hydrogens (tertiary/aromatic N) is 2. The summed E-state index contributed by atoms with van der Waals surface area (Å²) in [5.41, 5.74) is 0.472. The van der Waals surface area contributed by atoms with Gasteiger partial charge in [-0.25, -0.2) is 0 Å². The predicted molar refractivity (Wildman–Crippen MR) is 141 cm³/mol.